The van der Waals surface area contributed by atoms with Crippen LogP contribution in [0.2, 0.25) is 0 Å². The summed E-state index contributed by atoms with van der Waals surface area (Å²) in [7, 11) is -3.62. The number of nitrogens with one attached hydrogen (secondary N) is 1. The van der Waals surface area contributed by atoms with Crippen LogP contribution >= 0.6 is 12.4 Å². The van der Waals surface area contributed by atoms with Crippen LogP contribution in [0, 0.1) is 5.92 Å². The van der Waals surface area contributed by atoms with E-state index in [0.717, 1.165) is 19.3 Å². The summed E-state index contributed by atoms with van der Waals surface area (Å²) in [6.07, 6.45) is 6.67. The summed E-state index contributed by atoms with van der Waals surface area (Å²) < 4.78 is 27.5. The van der Waals surface area contributed by atoms with Crippen LogP contribution in [0.3, 0.4) is 0 Å². The van der Waals surface area contributed by atoms with Crippen LogP contribution in [-0.2, 0) is 14.8 Å². The molecule has 1 amide bonds. The largest absolute Gasteiger partial charge is 0.345 e. The predicted octanol–water partition coefficient (Wildman–Crippen LogP) is 1.34. The number of carbonyl (C=O) groups excluding carboxylic acids is 1. The average Bonchev–Trinajstić information content (AvgIpc) is 3.28. The number of nitrogens with two attached hydrogens (primary N) is 1. The number of pyridine rings is 1. The lowest BCUT2D eigenvalue weighted by Crippen LogP contribution is -2.51. The topological polar surface area (TPSA) is 112 Å². The Hall–Kier alpha value is -1.68. The number of rotatable bonds is 4. The van der Waals surface area contributed by atoms with Crippen molar-refractivity contribution in [2.75, 3.05) is 26.2 Å². The molecular weight excluding hydrogens is 402 g/mol. The van der Waals surface area contributed by atoms with Crippen LogP contribution in [0.1, 0.15) is 25.7 Å². The second-order valence-electron chi connectivity index (χ2n) is 7.40. The molecule has 1 aliphatic carbocycles. The van der Waals surface area contributed by atoms with Gasteiger partial charge in [-0.2, -0.15) is 4.31 Å². The monoisotopic (exact) mass is 427 g/mol. The summed E-state index contributed by atoms with van der Waals surface area (Å²) in [5, 5.41) is 0.589. The van der Waals surface area contributed by atoms with E-state index in [9.17, 15) is 13.2 Å². The SMILES string of the molecule is Cl.N[C@@H]1CCC[C@H]1CC(=O)N1CCN(S(=O)(=O)c2c[nH]c3ncccc23)CC1. The van der Waals surface area contributed by atoms with Crippen molar-refractivity contribution in [2.45, 2.75) is 36.6 Å². The quantitative estimate of drug-likeness (QED) is 0.764. The van der Waals surface area contributed by atoms with Gasteiger partial charge < -0.3 is 15.6 Å². The molecule has 1 saturated carbocycles. The normalized spacial score (nSPS) is 23.7. The van der Waals surface area contributed by atoms with Crippen LogP contribution in [0.25, 0.3) is 11.0 Å². The summed E-state index contributed by atoms with van der Waals surface area (Å²) in [5.41, 5.74) is 6.62. The van der Waals surface area contributed by atoms with E-state index < -0.39 is 10.0 Å². The smallest absolute Gasteiger partial charge is 0.245 e. The third kappa shape index (κ3) is 3.89. The van der Waals surface area contributed by atoms with E-state index in [4.69, 9.17) is 5.73 Å². The lowest BCUT2D eigenvalue weighted by molar-refractivity contribution is -0.133. The van der Waals surface area contributed by atoms with Gasteiger partial charge in [-0.25, -0.2) is 13.4 Å². The molecule has 3 N–H and O–H groups in total. The highest BCUT2D eigenvalue weighted by atomic mass is 35.5. The van der Waals surface area contributed by atoms with Gasteiger partial charge >= 0.3 is 0 Å². The Morgan fingerprint density at radius 2 is 2.00 bits per heavy atom. The standard InChI is InChI=1S/C18H25N5O3S.ClH/c19-15-5-1-3-13(15)11-17(24)22-7-9-23(10-8-22)27(25,26)16-12-21-18-14(16)4-2-6-20-18;/h2,4,6,12-13,15H,1,3,5,7-11,19H2,(H,20,21);1H/t13-,15+;/m0./s1. The molecule has 1 saturated heterocycles. The molecule has 2 fully saturated rings. The van der Waals surface area contributed by atoms with E-state index in [1.165, 1.54) is 10.5 Å². The first-order chi connectivity index (χ1) is 13.0. The Balaban J connectivity index is 0.00000225. The van der Waals surface area contributed by atoms with Crippen molar-refractivity contribution in [1.82, 2.24) is 19.2 Å². The fourth-order valence-corrected chi connectivity index (χ4v) is 5.71. The number of amides is 1. The third-order valence-corrected chi connectivity index (χ3v) is 7.72. The number of sulfonamides is 1. The Morgan fingerprint density at radius 1 is 1.25 bits per heavy atom. The zero-order valence-corrected chi connectivity index (χ0v) is 17.2. The van der Waals surface area contributed by atoms with E-state index in [2.05, 4.69) is 9.97 Å². The van der Waals surface area contributed by atoms with Gasteiger partial charge in [-0.15, -0.1) is 12.4 Å². The minimum absolute atomic E-state index is 0. The first-order valence-electron chi connectivity index (χ1n) is 9.42. The van der Waals surface area contributed by atoms with Gasteiger partial charge in [0.15, 0.2) is 0 Å². The maximum atomic E-state index is 13.0. The van der Waals surface area contributed by atoms with Crippen molar-refractivity contribution in [3.05, 3.63) is 24.5 Å². The number of aromatic amines is 1. The summed E-state index contributed by atoms with van der Waals surface area (Å²) in [5.74, 6) is 0.351. The van der Waals surface area contributed by atoms with E-state index >= 15 is 0 Å². The molecule has 2 aromatic rings. The van der Waals surface area contributed by atoms with E-state index in [1.807, 2.05) is 0 Å². The highest BCUT2D eigenvalue weighted by Crippen LogP contribution is 2.28. The Morgan fingerprint density at radius 3 is 2.68 bits per heavy atom. The number of fused-ring (bicyclic) bond motifs is 1. The predicted molar refractivity (Wildman–Crippen MR) is 109 cm³/mol. The fourth-order valence-electron chi connectivity index (χ4n) is 4.13. The number of H-pyrrole nitrogens is 1. The summed E-state index contributed by atoms with van der Waals surface area (Å²) >= 11 is 0. The molecule has 2 aliphatic rings. The van der Waals surface area contributed by atoms with Crippen molar-refractivity contribution in [1.29, 1.82) is 0 Å². The molecule has 0 spiro atoms. The van der Waals surface area contributed by atoms with Crippen LogP contribution in [0.5, 0.6) is 0 Å². The number of aromatic nitrogens is 2. The molecule has 8 nitrogen and oxygen atoms in total. The zero-order valence-electron chi connectivity index (χ0n) is 15.6. The highest BCUT2D eigenvalue weighted by Gasteiger charge is 2.33. The van der Waals surface area contributed by atoms with E-state index in [0.29, 0.717) is 43.6 Å². The number of piperazine rings is 1. The van der Waals surface area contributed by atoms with Gasteiger partial charge in [0.1, 0.15) is 10.5 Å². The first-order valence-corrected chi connectivity index (χ1v) is 10.9. The number of nitrogens with zero attached hydrogens (tertiary/aromatic N) is 3. The Bertz CT molecular complexity index is 940. The lowest BCUT2D eigenvalue weighted by atomic mass is 9.99. The molecule has 0 radical (unpaired) electrons. The van der Waals surface area contributed by atoms with Gasteiger partial charge in [-0.05, 0) is 30.9 Å². The molecule has 0 bridgehead atoms. The molecule has 1 aliphatic heterocycles. The van der Waals surface area contributed by atoms with Gasteiger partial charge in [-0.1, -0.05) is 6.42 Å². The van der Waals surface area contributed by atoms with E-state index in [1.54, 1.807) is 23.2 Å². The number of halogens is 1. The summed E-state index contributed by atoms with van der Waals surface area (Å²) in [4.78, 5) is 21.6. The first kappa shape index (κ1) is 21.0. The van der Waals surface area contributed by atoms with Gasteiger partial charge in [-0.3, -0.25) is 4.79 Å². The molecule has 0 unspecified atom stereocenters. The van der Waals surface area contributed by atoms with E-state index in [-0.39, 0.29) is 35.2 Å². The summed E-state index contributed by atoms with van der Waals surface area (Å²) in [6, 6.07) is 3.58. The van der Waals surface area contributed by atoms with Gasteiger partial charge in [0.2, 0.25) is 15.9 Å². The molecule has 28 heavy (non-hydrogen) atoms. The number of hydrogen-bond acceptors (Lipinski definition) is 5. The Labute approximate surface area is 170 Å². The maximum Gasteiger partial charge on any atom is 0.245 e. The van der Waals surface area contributed by atoms with Crippen LogP contribution in [-0.4, -0.2) is 65.7 Å². The van der Waals surface area contributed by atoms with Gasteiger partial charge in [0.25, 0.3) is 0 Å². The molecule has 154 valence electrons. The Kier molecular flexibility index (Phi) is 6.28. The second-order valence-corrected chi connectivity index (χ2v) is 9.30. The molecule has 4 rings (SSSR count). The van der Waals surface area contributed by atoms with Crippen molar-refractivity contribution in [3.63, 3.8) is 0 Å². The van der Waals surface area contributed by atoms with Crippen molar-refractivity contribution in [2.24, 2.45) is 11.7 Å². The molecular formula is C18H26ClN5O3S. The third-order valence-electron chi connectivity index (χ3n) is 5.78. The van der Waals surface area contributed by atoms with Crippen molar-refractivity contribution in [3.8, 4) is 0 Å². The van der Waals surface area contributed by atoms with Crippen molar-refractivity contribution >= 4 is 39.4 Å². The van der Waals surface area contributed by atoms with Gasteiger partial charge in [0.05, 0.1) is 0 Å². The number of hydrogen-bond donors (Lipinski definition) is 2. The zero-order chi connectivity index (χ0) is 19.0. The van der Waals surface area contributed by atoms with Crippen LogP contribution < -0.4 is 5.73 Å². The number of carbonyl (C=O) groups is 1. The van der Waals surface area contributed by atoms with Gasteiger partial charge in [0, 0.05) is 56.4 Å². The maximum absolute atomic E-state index is 13.0. The molecule has 2 atom stereocenters. The fraction of sp³-hybridized carbons (Fsp3) is 0.556. The minimum Gasteiger partial charge on any atom is -0.345 e. The summed E-state index contributed by atoms with van der Waals surface area (Å²) in [6.45, 7) is 1.44. The minimum atomic E-state index is -3.62. The average molecular weight is 428 g/mol. The molecule has 0 aromatic carbocycles. The second kappa shape index (κ2) is 8.36. The molecule has 3 heterocycles. The lowest BCUT2D eigenvalue weighted by Gasteiger charge is -2.34. The van der Waals surface area contributed by atoms with Crippen LogP contribution in [0.4, 0.5) is 0 Å². The van der Waals surface area contributed by atoms with Crippen molar-refractivity contribution < 1.29 is 13.2 Å². The molecule has 10 heteroatoms. The molecule has 2 aromatic heterocycles. The highest BCUT2D eigenvalue weighted by molar-refractivity contribution is 7.89. The van der Waals surface area contributed by atoms with Crippen LogP contribution in [0.15, 0.2) is 29.4 Å².